The van der Waals surface area contributed by atoms with Crippen molar-refractivity contribution in [2.24, 2.45) is 0 Å². The van der Waals surface area contributed by atoms with E-state index >= 15 is 0 Å². The zero-order valence-electron chi connectivity index (χ0n) is 11.5. The highest BCUT2D eigenvalue weighted by Crippen LogP contribution is 2.40. The summed E-state index contributed by atoms with van der Waals surface area (Å²) < 4.78 is 0. The van der Waals surface area contributed by atoms with Crippen LogP contribution in [0.2, 0.25) is 0 Å². The predicted octanol–water partition coefficient (Wildman–Crippen LogP) is 3.98. The number of hydrogen-bond donors (Lipinski definition) is 1. The van der Waals surface area contributed by atoms with Crippen molar-refractivity contribution in [1.29, 1.82) is 0 Å². The van der Waals surface area contributed by atoms with E-state index in [-0.39, 0.29) is 0 Å². The molecule has 1 heteroatoms. The Hall–Kier alpha value is -0.820. The van der Waals surface area contributed by atoms with Crippen molar-refractivity contribution in [2.45, 2.75) is 57.3 Å². The maximum Gasteiger partial charge on any atom is 0.00207 e. The minimum Gasteiger partial charge on any atom is -0.316 e. The first-order chi connectivity index (χ1) is 8.90. The lowest BCUT2D eigenvalue weighted by Crippen LogP contribution is -2.22. The summed E-state index contributed by atoms with van der Waals surface area (Å²) >= 11 is 0. The van der Waals surface area contributed by atoms with Crippen molar-refractivity contribution < 1.29 is 0 Å². The third-order valence-electron chi connectivity index (χ3n) is 4.78. The minimum absolute atomic E-state index is 0.759. The second kappa shape index (κ2) is 5.44. The molecule has 0 spiro atoms. The lowest BCUT2D eigenvalue weighted by molar-refractivity contribution is 0.522. The smallest absolute Gasteiger partial charge is 0.00207 e. The summed E-state index contributed by atoms with van der Waals surface area (Å²) in [6.45, 7) is 4.69. The monoisotopic (exact) mass is 243 g/mol. The molecule has 2 unspecified atom stereocenters. The van der Waals surface area contributed by atoms with Gasteiger partial charge in [0.1, 0.15) is 0 Å². The van der Waals surface area contributed by atoms with Crippen molar-refractivity contribution in [3.8, 4) is 0 Å². The molecule has 0 bridgehead atoms. The van der Waals surface area contributed by atoms with Crippen molar-refractivity contribution >= 4 is 0 Å². The number of nitrogens with one attached hydrogen (secondary N) is 1. The van der Waals surface area contributed by atoms with Crippen molar-refractivity contribution in [2.75, 3.05) is 13.1 Å². The molecule has 1 N–H and O–H groups in total. The van der Waals surface area contributed by atoms with E-state index in [2.05, 4.69) is 30.4 Å². The molecule has 0 fully saturated rings. The van der Waals surface area contributed by atoms with Crippen molar-refractivity contribution in [3.63, 3.8) is 0 Å². The molecular formula is C17H25N. The maximum atomic E-state index is 3.71. The van der Waals surface area contributed by atoms with Gasteiger partial charge in [-0.05, 0) is 47.8 Å². The Bertz CT molecular complexity index is 410. The third kappa shape index (κ3) is 2.21. The molecule has 18 heavy (non-hydrogen) atoms. The molecule has 2 aliphatic rings. The van der Waals surface area contributed by atoms with Crippen LogP contribution < -0.4 is 5.32 Å². The van der Waals surface area contributed by atoms with Gasteiger partial charge >= 0.3 is 0 Å². The summed E-state index contributed by atoms with van der Waals surface area (Å²) in [7, 11) is 0. The normalized spacial score (nSPS) is 25.8. The summed E-state index contributed by atoms with van der Waals surface area (Å²) in [4.78, 5) is 0. The highest BCUT2D eigenvalue weighted by Gasteiger charge is 2.30. The number of hydrogen-bond acceptors (Lipinski definition) is 1. The van der Waals surface area contributed by atoms with Crippen LogP contribution in [0.25, 0.3) is 0 Å². The molecule has 1 aliphatic carbocycles. The number of rotatable bonds is 4. The molecule has 1 aromatic rings. The summed E-state index contributed by atoms with van der Waals surface area (Å²) in [6, 6.07) is 7.04. The second-order valence-electron chi connectivity index (χ2n) is 6.01. The molecule has 0 amide bonds. The first-order valence-electron chi connectivity index (χ1n) is 7.72. The van der Waals surface area contributed by atoms with Crippen LogP contribution in [-0.2, 0) is 6.42 Å². The van der Waals surface area contributed by atoms with E-state index < -0.39 is 0 Å². The van der Waals surface area contributed by atoms with Crippen molar-refractivity contribution in [1.82, 2.24) is 5.32 Å². The Morgan fingerprint density at radius 3 is 3.06 bits per heavy atom. The molecule has 1 aliphatic heterocycles. The fourth-order valence-electron chi connectivity index (χ4n) is 3.82. The molecule has 1 nitrogen and oxygen atoms in total. The van der Waals surface area contributed by atoms with E-state index in [1.54, 1.807) is 16.7 Å². The Balaban J connectivity index is 1.85. The Morgan fingerprint density at radius 1 is 1.22 bits per heavy atom. The summed E-state index contributed by atoms with van der Waals surface area (Å²) in [6.07, 6.45) is 8.13. The van der Waals surface area contributed by atoms with Gasteiger partial charge < -0.3 is 5.32 Å². The molecule has 2 atom stereocenters. The van der Waals surface area contributed by atoms with Crippen LogP contribution >= 0.6 is 0 Å². The van der Waals surface area contributed by atoms with Gasteiger partial charge in [-0.1, -0.05) is 44.4 Å². The maximum absolute atomic E-state index is 3.71. The van der Waals surface area contributed by atoms with E-state index in [0.29, 0.717) is 0 Å². The van der Waals surface area contributed by atoms with Gasteiger partial charge in [-0.3, -0.25) is 0 Å². The molecule has 0 radical (unpaired) electrons. The van der Waals surface area contributed by atoms with Gasteiger partial charge in [0.05, 0.1) is 0 Å². The average Bonchev–Trinajstić information content (AvgIpc) is 2.71. The number of benzene rings is 1. The van der Waals surface area contributed by atoms with Crippen LogP contribution in [0.5, 0.6) is 0 Å². The van der Waals surface area contributed by atoms with Gasteiger partial charge in [-0.2, -0.15) is 0 Å². The van der Waals surface area contributed by atoms with E-state index in [9.17, 15) is 0 Å². The highest BCUT2D eigenvalue weighted by molar-refractivity contribution is 5.44. The van der Waals surface area contributed by atoms with E-state index in [1.807, 2.05) is 0 Å². The van der Waals surface area contributed by atoms with Crippen LogP contribution in [-0.4, -0.2) is 13.1 Å². The molecule has 0 saturated carbocycles. The molecule has 3 rings (SSSR count). The standard InChI is InChI=1S/C17H25N/c1-2-3-4-6-14-11-18-12-15-10-9-13-7-5-8-16(14)17(13)15/h5,7-8,14-15,18H,2-4,6,9-12H2,1H3. The number of aryl methyl sites for hydroxylation is 1. The van der Waals surface area contributed by atoms with E-state index in [4.69, 9.17) is 0 Å². The lowest BCUT2D eigenvalue weighted by Gasteiger charge is -2.18. The summed E-state index contributed by atoms with van der Waals surface area (Å²) in [5.74, 6) is 1.56. The largest absolute Gasteiger partial charge is 0.316 e. The summed E-state index contributed by atoms with van der Waals surface area (Å²) in [5, 5.41) is 3.71. The van der Waals surface area contributed by atoms with Crippen molar-refractivity contribution in [3.05, 3.63) is 34.9 Å². The van der Waals surface area contributed by atoms with Gasteiger partial charge in [-0.25, -0.2) is 0 Å². The zero-order valence-corrected chi connectivity index (χ0v) is 11.5. The quantitative estimate of drug-likeness (QED) is 0.789. The predicted molar refractivity (Wildman–Crippen MR) is 77.3 cm³/mol. The zero-order chi connectivity index (χ0) is 12.4. The van der Waals surface area contributed by atoms with Crippen LogP contribution in [0, 0.1) is 0 Å². The third-order valence-corrected chi connectivity index (χ3v) is 4.78. The van der Waals surface area contributed by atoms with Gasteiger partial charge in [0.25, 0.3) is 0 Å². The molecular weight excluding hydrogens is 218 g/mol. The Morgan fingerprint density at radius 2 is 2.17 bits per heavy atom. The fraction of sp³-hybridized carbons (Fsp3) is 0.647. The fourth-order valence-corrected chi connectivity index (χ4v) is 3.82. The van der Waals surface area contributed by atoms with Gasteiger partial charge in [0.2, 0.25) is 0 Å². The van der Waals surface area contributed by atoms with E-state index in [0.717, 1.165) is 11.8 Å². The first-order valence-corrected chi connectivity index (χ1v) is 7.72. The Kier molecular flexibility index (Phi) is 3.69. The molecule has 1 heterocycles. The van der Waals surface area contributed by atoms with Crippen LogP contribution in [0.3, 0.4) is 0 Å². The van der Waals surface area contributed by atoms with Gasteiger partial charge in [0, 0.05) is 13.1 Å². The SMILES string of the molecule is CCCCCC1CNCC2CCc3cccc1c32. The lowest BCUT2D eigenvalue weighted by atomic mass is 9.87. The first kappa shape index (κ1) is 12.2. The van der Waals surface area contributed by atoms with Gasteiger partial charge in [0.15, 0.2) is 0 Å². The van der Waals surface area contributed by atoms with Gasteiger partial charge in [-0.15, -0.1) is 0 Å². The van der Waals surface area contributed by atoms with E-state index in [1.165, 1.54) is 51.6 Å². The van der Waals surface area contributed by atoms with Crippen LogP contribution in [0.15, 0.2) is 18.2 Å². The highest BCUT2D eigenvalue weighted by atomic mass is 14.9. The van der Waals surface area contributed by atoms with Crippen LogP contribution in [0.1, 0.15) is 67.6 Å². The minimum atomic E-state index is 0.759. The topological polar surface area (TPSA) is 12.0 Å². The average molecular weight is 243 g/mol. The molecule has 0 saturated heterocycles. The number of unbranched alkanes of at least 4 members (excludes halogenated alkanes) is 2. The molecule has 1 aromatic carbocycles. The molecule has 0 aromatic heterocycles. The molecule has 98 valence electrons. The van der Waals surface area contributed by atoms with Crippen LogP contribution in [0.4, 0.5) is 0 Å². The summed E-state index contributed by atoms with van der Waals surface area (Å²) in [5.41, 5.74) is 5.04. The Labute approximate surface area is 111 Å². The second-order valence-corrected chi connectivity index (χ2v) is 6.01.